The molecule has 0 aliphatic carbocycles. The Kier molecular flexibility index (Phi) is 7.23. The lowest BCUT2D eigenvalue weighted by atomic mass is 10.2. The van der Waals surface area contributed by atoms with Crippen molar-refractivity contribution in [2.45, 2.75) is 13.5 Å². The first-order valence-corrected chi connectivity index (χ1v) is 8.07. The zero-order valence-corrected chi connectivity index (χ0v) is 14.5. The second kappa shape index (κ2) is 9.67. The van der Waals surface area contributed by atoms with Crippen molar-refractivity contribution in [3.63, 3.8) is 0 Å². The Balaban J connectivity index is 1.92. The molecule has 0 atom stereocenters. The molecule has 0 saturated carbocycles. The molecule has 0 aliphatic heterocycles. The number of rotatable bonds is 10. The molecule has 0 saturated heterocycles. The van der Waals surface area contributed by atoms with Crippen LogP contribution in [0.15, 0.2) is 42.5 Å². The summed E-state index contributed by atoms with van der Waals surface area (Å²) < 4.78 is 22.4. The van der Waals surface area contributed by atoms with Gasteiger partial charge in [0, 0.05) is 18.2 Å². The van der Waals surface area contributed by atoms with Gasteiger partial charge in [-0.2, -0.15) is 0 Å². The summed E-state index contributed by atoms with van der Waals surface area (Å²) in [5.41, 5.74) is 1.08. The molecule has 24 heavy (non-hydrogen) atoms. The Morgan fingerprint density at radius 2 is 1.54 bits per heavy atom. The fourth-order valence-electron chi connectivity index (χ4n) is 2.28. The number of ether oxygens (including phenoxy) is 4. The normalized spacial score (nSPS) is 10.3. The number of benzene rings is 2. The van der Waals surface area contributed by atoms with Crippen molar-refractivity contribution < 1.29 is 18.9 Å². The number of hydrogen-bond acceptors (Lipinski definition) is 5. The van der Waals surface area contributed by atoms with Gasteiger partial charge < -0.3 is 24.3 Å². The van der Waals surface area contributed by atoms with Crippen molar-refractivity contribution in [2.24, 2.45) is 0 Å². The number of hydrogen-bond donors (Lipinski definition) is 1. The fraction of sp³-hybridized carbons (Fsp3) is 0.368. The molecule has 130 valence electrons. The molecule has 5 heteroatoms. The van der Waals surface area contributed by atoms with E-state index in [9.17, 15) is 0 Å². The lowest BCUT2D eigenvalue weighted by molar-refractivity contribution is 0.207. The minimum absolute atomic E-state index is 0.431. The van der Waals surface area contributed by atoms with Gasteiger partial charge in [-0.15, -0.1) is 0 Å². The largest absolute Gasteiger partial charge is 0.497 e. The van der Waals surface area contributed by atoms with E-state index >= 15 is 0 Å². The quantitative estimate of drug-likeness (QED) is 0.677. The summed E-state index contributed by atoms with van der Waals surface area (Å²) >= 11 is 0. The molecule has 0 unspecified atom stereocenters. The maximum Gasteiger partial charge on any atom is 0.161 e. The molecule has 0 aliphatic rings. The summed E-state index contributed by atoms with van der Waals surface area (Å²) in [7, 11) is 3.55. The van der Waals surface area contributed by atoms with E-state index < -0.39 is 0 Å². The van der Waals surface area contributed by atoms with Gasteiger partial charge in [0.15, 0.2) is 11.5 Å². The highest BCUT2D eigenvalue weighted by Crippen LogP contribution is 2.27. The number of nitrogens with one attached hydrogen (secondary N) is 1. The number of para-hydroxylation sites is 2. The first kappa shape index (κ1) is 17.9. The van der Waals surface area contributed by atoms with Crippen LogP contribution in [-0.2, 0) is 6.54 Å². The Morgan fingerprint density at radius 3 is 2.17 bits per heavy atom. The molecular formula is C19H25NO4. The topological polar surface area (TPSA) is 49.0 Å². The summed E-state index contributed by atoms with van der Waals surface area (Å²) in [6, 6.07) is 13.4. The van der Waals surface area contributed by atoms with E-state index in [4.69, 9.17) is 18.9 Å². The predicted octanol–water partition coefficient (Wildman–Crippen LogP) is 3.27. The van der Waals surface area contributed by atoms with Gasteiger partial charge >= 0.3 is 0 Å². The van der Waals surface area contributed by atoms with Crippen molar-refractivity contribution >= 4 is 0 Å². The SMILES string of the molecule is CCOc1ccccc1OCCOc1cc(OC)ccc1CNC. The van der Waals surface area contributed by atoms with Crippen molar-refractivity contribution in [1.82, 2.24) is 5.32 Å². The molecule has 0 aromatic heterocycles. The molecule has 0 spiro atoms. The second-order valence-electron chi connectivity index (χ2n) is 5.08. The van der Waals surface area contributed by atoms with E-state index in [-0.39, 0.29) is 0 Å². The van der Waals surface area contributed by atoms with Gasteiger partial charge in [0.05, 0.1) is 13.7 Å². The molecule has 1 N–H and O–H groups in total. The highest BCUT2D eigenvalue weighted by molar-refractivity contribution is 5.41. The van der Waals surface area contributed by atoms with Crippen LogP contribution >= 0.6 is 0 Å². The fourth-order valence-corrected chi connectivity index (χ4v) is 2.28. The monoisotopic (exact) mass is 331 g/mol. The summed E-state index contributed by atoms with van der Waals surface area (Å²) in [6.45, 7) is 4.15. The molecule has 0 bridgehead atoms. The Hall–Kier alpha value is -2.40. The average Bonchev–Trinajstić information content (AvgIpc) is 2.61. The van der Waals surface area contributed by atoms with Gasteiger partial charge in [-0.1, -0.05) is 18.2 Å². The van der Waals surface area contributed by atoms with E-state index in [1.165, 1.54) is 0 Å². The third kappa shape index (κ3) is 5.06. The lowest BCUT2D eigenvalue weighted by Gasteiger charge is -2.14. The molecule has 5 nitrogen and oxygen atoms in total. The second-order valence-corrected chi connectivity index (χ2v) is 5.08. The first-order valence-electron chi connectivity index (χ1n) is 8.07. The van der Waals surface area contributed by atoms with E-state index in [2.05, 4.69) is 5.32 Å². The predicted molar refractivity (Wildman–Crippen MR) is 94.4 cm³/mol. The van der Waals surface area contributed by atoms with Crippen molar-refractivity contribution in [2.75, 3.05) is 34.0 Å². The average molecular weight is 331 g/mol. The van der Waals surface area contributed by atoms with E-state index in [0.717, 1.165) is 35.1 Å². The molecule has 2 aromatic rings. The molecular weight excluding hydrogens is 306 g/mol. The third-order valence-corrected chi connectivity index (χ3v) is 3.39. The molecule has 0 radical (unpaired) electrons. The highest BCUT2D eigenvalue weighted by atomic mass is 16.5. The smallest absolute Gasteiger partial charge is 0.161 e. The van der Waals surface area contributed by atoms with Gasteiger partial charge in [0.1, 0.15) is 24.7 Å². The highest BCUT2D eigenvalue weighted by Gasteiger charge is 2.07. The minimum Gasteiger partial charge on any atom is -0.497 e. The zero-order valence-electron chi connectivity index (χ0n) is 14.5. The zero-order chi connectivity index (χ0) is 17.2. The van der Waals surface area contributed by atoms with Crippen molar-refractivity contribution in [3.8, 4) is 23.0 Å². The van der Waals surface area contributed by atoms with Crippen LogP contribution in [0.2, 0.25) is 0 Å². The summed E-state index contributed by atoms with van der Waals surface area (Å²) in [5, 5.41) is 3.13. The Bertz CT molecular complexity index is 631. The molecule has 0 amide bonds. The van der Waals surface area contributed by atoms with E-state index in [1.807, 2.05) is 56.4 Å². The van der Waals surface area contributed by atoms with E-state index in [1.54, 1.807) is 7.11 Å². The van der Waals surface area contributed by atoms with Gasteiger partial charge in [-0.3, -0.25) is 0 Å². The summed E-state index contributed by atoms with van der Waals surface area (Å²) in [4.78, 5) is 0. The van der Waals surface area contributed by atoms with Crippen LogP contribution in [0.4, 0.5) is 0 Å². The Labute approximate surface area is 143 Å². The maximum atomic E-state index is 5.87. The Morgan fingerprint density at radius 1 is 0.875 bits per heavy atom. The van der Waals surface area contributed by atoms with Gasteiger partial charge in [0.25, 0.3) is 0 Å². The maximum absolute atomic E-state index is 5.87. The number of methoxy groups -OCH3 is 1. The van der Waals surface area contributed by atoms with Crippen LogP contribution in [0.1, 0.15) is 12.5 Å². The van der Waals surface area contributed by atoms with Crippen LogP contribution in [-0.4, -0.2) is 34.0 Å². The molecule has 2 aromatic carbocycles. The molecule has 0 fully saturated rings. The third-order valence-electron chi connectivity index (χ3n) is 3.39. The van der Waals surface area contributed by atoms with Gasteiger partial charge in [-0.05, 0) is 32.2 Å². The van der Waals surface area contributed by atoms with Crippen LogP contribution in [0, 0.1) is 0 Å². The van der Waals surface area contributed by atoms with Crippen molar-refractivity contribution in [3.05, 3.63) is 48.0 Å². The van der Waals surface area contributed by atoms with Crippen molar-refractivity contribution in [1.29, 1.82) is 0 Å². The summed E-state index contributed by atoms with van der Waals surface area (Å²) in [5.74, 6) is 3.04. The van der Waals surface area contributed by atoms with Crippen LogP contribution in [0.3, 0.4) is 0 Å². The first-order chi connectivity index (χ1) is 11.8. The standard InChI is InChI=1S/C19H25NO4/c1-4-22-17-7-5-6-8-18(17)23-11-12-24-19-13-16(21-3)10-9-15(19)14-20-2/h5-10,13,20H,4,11-12,14H2,1-3H3. The minimum atomic E-state index is 0.431. The summed E-state index contributed by atoms with van der Waals surface area (Å²) in [6.07, 6.45) is 0. The van der Waals surface area contributed by atoms with Gasteiger partial charge in [-0.25, -0.2) is 0 Å². The van der Waals surface area contributed by atoms with Crippen LogP contribution < -0.4 is 24.3 Å². The lowest BCUT2D eigenvalue weighted by Crippen LogP contribution is -2.12. The van der Waals surface area contributed by atoms with Gasteiger partial charge in [0.2, 0.25) is 0 Å². The van der Waals surface area contributed by atoms with Crippen LogP contribution in [0.25, 0.3) is 0 Å². The van der Waals surface area contributed by atoms with E-state index in [0.29, 0.717) is 19.8 Å². The molecule has 2 rings (SSSR count). The van der Waals surface area contributed by atoms with Crippen LogP contribution in [0.5, 0.6) is 23.0 Å². The molecule has 0 heterocycles.